The SMILES string of the molecule is CCNC(=NCc1cc2ccccc2o1)N1CCS(=O)(=O)C(C)(C)C1.I. The van der Waals surface area contributed by atoms with Gasteiger partial charge in [-0.3, -0.25) is 0 Å². The molecule has 1 aromatic heterocycles. The fraction of sp³-hybridized carbons (Fsp3) is 0.500. The molecule has 8 heteroatoms. The number of nitrogens with zero attached hydrogens (tertiary/aromatic N) is 2. The molecule has 0 saturated carbocycles. The number of fused-ring (bicyclic) bond motifs is 1. The molecule has 0 amide bonds. The van der Waals surface area contributed by atoms with Crippen molar-refractivity contribution in [2.45, 2.75) is 32.1 Å². The second kappa shape index (κ2) is 8.16. The largest absolute Gasteiger partial charge is 0.459 e. The van der Waals surface area contributed by atoms with Crippen LogP contribution in [-0.2, 0) is 16.4 Å². The van der Waals surface area contributed by atoms with Crippen molar-refractivity contribution in [2.24, 2.45) is 4.99 Å². The number of hydrogen-bond acceptors (Lipinski definition) is 4. The molecule has 1 aliphatic rings. The minimum absolute atomic E-state index is 0. The molecule has 1 N–H and O–H groups in total. The first kappa shape index (κ1) is 21.0. The molecular formula is C18H26IN3O3S. The van der Waals surface area contributed by atoms with Gasteiger partial charge < -0.3 is 14.6 Å². The van der Waals surface area contributed by atoms with Crippen molar-refractivity contribution in [2.75, 3.05) is 25.4 Å². The lowest BCUT2D eigenvalue weighted by Gasteiger charge is -2.39. The number of aliphatic imine (C=N–C) groups is 1. The molecular weight excluding hydrogens is 465 g/mol. The van der Waals surface area contributed by atoms with Gasteiger partial charge in [0.1, 0.15) is 17.9 Å². The zero-order valence-electron chi connectivity index (χ0n) is 15.4. The Morgan fingerprint density at radius 3 is 2.73 bits per heavy atom. The van der Waals surface area contributed by atoms with E-state index in [0.717, 1.165) is 29.2 Å². The second-order valence-electron chi connectivity index (χ2n) is 6.92. The molecule has 2 heterocycles. The molecule has 1 aromatic carbocycles. The van der Waals surface area contributed by atoms with E-state index in [9.17, 15) is 8.42 Å². The van der Waals surface area contributed by atoms with Crippen molar-refractivity contribution in [3.05, 3.63) is 36.1 Å². The summed E-state index contributed by atoms with van der Waals surface area (Å²) in [7, 11) is -3.07. The van der Waals surface area contributed by atoms with Gasteiger partial charge in [0.15, 0.2) is 15.8 Å². The Morgan fingerprint density at radius 1 is 1.35 bits per heavy atom. The number of guanidine groups is 1. The van der Waals surface area contributed by atoms with Crippen molar-refractivity contribution < 1.29 is 12.8 Å². The average Bonchev–Trinajstić information content (AvgIpc) is 2.97. The Labute approximate surface area is 172 Å². The van der Waals surface area contributed by atoms with Crippen molar-refractivity contribution in [3.63, 3.8) is 0 Å². The van der Waals surface area contributed by atoms with Crippen molar-refractivity contribution in [1.29, 1.82) is 0 Å². The van der Waals surface area contributed by atoms with Crippen molar-refractivity contribution in [3.8, 4) is 0 Å². The highest BCUT2D eigenvalue weighted by Crippen LogP contribution is 2.24. The minimum Gasteiger partial charge on any atom is -0.459 e. The van der Waals surface area contributed by atoms with Crippen LogP contribution in [0, 0.1) is 0 Å². The number of sulfone groups is 1. The molecule has 0 unspecified atom stereocenters. The first-order valence-electron chi connectivity index (χ1n) is 8.55. The molecule has 3 rings (SSSR count). The highest BCUT2D eigenvalue weighted by atomic mass is 127. The quantitative estimate of drug-likeness (QED) is 0.406. The summed E-state index contributed by atoms with van der Waals surface area (Å²) in [4.78, 5) is 6.68. The Morgan fingerprint density at radius 2 is 2.08 bits per heavy atom. The first-order chi connectivity index (χ1) is 11.8. The van der Waals surface area contributed by atoms with Crippen LogP contribution in [-0.4, -0.2) is 49.4 Å². The molecule has 144 valence electrons. The summed E-state index contributed by atoms with van der Waals surface area (Å²) >= 11 is 0. The zero-order chi connectivity index (χ0) is 18.1. The van der Waals surface area contributed by atoms with E-state index in [1.54, 1.807) is 13.8 Å². The van der Waals surface area contributed by atoms with Gasteiger partial charge in [-0.15, -0.1) is 24.0 Å². The smallest absolute Gasteiger partial charge is 0.194 e. The third-order valence-electron chi connectivity index (χ3n) is 4.54. The summed E-state index contributed by atoms with van der Waals surface area (Å²) in [6.45, 7) is 7.58. The number of para-hydroxylation sites is 1. The molecule has 0 atom stereocenters. The van der Waals surface area contributed by atoms with E-state index in [1.165, 1.54) is 0 Å². The highest BCUT2D eigenvalue weighted by Gasteiger charge is 2.40. The van der Waals surface area contributed by atoms with E-state index in [1.807, 2.05) is 42.2 Å². The van der Waals surface area contributed by atoms with Gasteiger partial charge in [0.05, 0.1) is 10.5 Å². The maximum Gasteiger partial charge on any atom is 0.194 e. The third kappa shape index (κ3) is 4.33. The van der Waals surface area contributed by atoms with Crippen molar-refractivity contribution in [1.82, 2.24) is 10.2 Å². The summed E-state index contributed by atoms with van der Waals surface area (Å²) in [6.07, 6.45) is 0. The van der Waals surface area contributed by atoms with Gasteiger partial charge in [-0.05, 0) is 32.9 Å². The Hall–Kier alpha value is -1.29. The summed E-state index contributed by atoms with van der Waals surface area (Å²) in [6, 6.07) is 9.86. The van der Waals surface area contributed by atoms with Gasteiger partial charge in [-0.25, -0.2) is 13.4 Å². The van der Waals surface area contributed by atoms with E-state index >= 15 is 0 Å². The van der Waals surface area contributed by atoms with Crippen LogP contribution >= 0.6 is 24.0 Å². The normalized spacial score (nSPS) is 19.2. The number of nitrogens with one attached hydrogen (secondary N) is 1. The van der Waals surface area contributed by atoms with E-state index in [0.29, 0.717) is 19.6 Å². The molecule has 1 aliphatic heterocycles. The Balaban J connectivity index is 0.00000243. The fourth-order valence-corrected chi connectivity index (χ4v) is 4.38. The summed E-state index contributed by atoms with van der Waals surface area (Å²) in [5.41, 5.74) is 0.850. The van der Waals surface area contributed by atoms with E-state index in [2.05, 4.69) is 10.3 Å². The second-order valence-corrected chi connectivity index (χ2v) is 9.66. The standard InChI is InChI=1S/C18H25N3O3S.HI/c1-4-19-17(21-9-10-25(22,23)18(2,3)13-21)20-12-15-11-14-7-5-6-8-16(14)24-15;/h5-8,11H,4,9-10,12-13H2,1-3H3,(H,19,20);1H. The number of furan rings is 1. The van der Waals surface area contributed by atoms with Gasteiger partial charge in [0.25, 0.3) is 0 Å². The van der Waals surface area contributed by atoms with Gasteiger partial charge in [-0.2, -0.15) is 0 Å². The molecule has 0 aliphatic carbocycles. The van der Waals surface area contributed by atoms with Gasteiger partial charge >= 0.3 is 0 Å². The average molecular weight is 491 g/mol. The van der Waals surface area contributed by atoms with E-state index in [-0.39, 0.29) is 29.7 Å². The van der Waals surface area contributed by atoms with E-state index < -0.39 is 14.6 Å². The molecule has 1 fully saturated rings. The van der Waals surface area contributed by atoms with Crippen LogP contribution in [0.2, 0.25) is 0 Å². The zero-order valence-corrected chi connectivity index (χ0v) is 18.5. The maximum absolute atomic E-state index is 12.2. The van der Waals surface area contributed by atoms with Crippen LogP contribution in [0.5, 0.6) is 0 Å². The van der Waals surface area contributed by atoms with Crippen molar-refractivity contribution >= 4 is 50.7 Å². The Bertz CT molecular complexity index is 857. The Kier molecular flexibility index (Phi) is 6.60. The number of hydrogen-bond donors (Lipinski definition) is 1. The summed E-state index contributed by atoms with van der Waals surface area (Å²) in [5.74, 6) is 1.67. The molecule has 26 heavy (non-hydrogen) atoms. The molecule has 0 spiro atoms. The fourth-order valence-electron chi connectivity index (χ4n) is 3.02. The van der Waals surface area contributed by atoms with Gasteiger partial charge in [-0.1, -0.05) is 18.2 Å². The molecule has 1 saturated heterocycles. The predicted octanol–water partition coefficient (Wildman–Crippen LogP) is 3.03. The van der Waals surface area contributed by atoms with Gasteiger partial charge in [0.2, 0.25) is 0 Å². The maximum atomic E-state index is 12.2. The van der Waals surface area contributed by atoms with E-state index in [4.69, 9.17) is 4.42 Å². The minimum atomic E-state index is -3.07. The monoisotopic (exact) mass is 491 g/mol. The van der Waals surface area contributed by atoms with Crippen LogP contribution in [0.3, 0.4) is 0 Å². The predicted molar refractivity (Wildman–Crippen MR) is 116 cm³/mol. The van der Waals surface area contributed by atoms with Crippen LogP contribution in [0.25, 0.3) is 11.0 Å². The molecule has 6 nitrogen and oxygen atoms in total. The van der Waals surface area contributed by atoms with Gasteiger partial charge in [0, 0.05) is 25.0 Å². The number of rotatable bonds is 3. The molecule has 0 radical (unpaired) electrons. The number of halogens is 1. The van der Waals surface area contributed by atoms with Crippen LogP contribution in [0.1, 0.15) is 26.5 Å². The van der Waals surface area contributed by atoms with Crippen LogP contribution in [0.4, 0.5) is 0 Å². The third-order valence-corrected chi connectivity index (χ3v) is 7.07. The lowest BCUT2D eigenvalue weighted by molar-refractivity contribution is 0.352. The lowest BCUT2D eigenvalue weighted by atomic mass is 10.2. The molecule has 2 aromatic rings. The number of benzene rings is 1. The highest BCUT2D eigenvalue weighted by molar-refractivity contribution is 14.0. The molecule has 0 bridgehead atoms. The summed E-state index contributed by atoms with van der Waals surface area (Å²) < 4.78 is 29.4. The first-order valence-corrected chi connectivity index (χ1v) is 10.2. The van der Waals surface area contributed by atoms with Crippen LogP contribution in [0.15, 0.2) is 39.7 Å². The topological polar surface area (TPSA) is 74.9 Å². The summed E-state index contributed by atoms with van der Waals surface area (Å²) in [5, 5.41) is 4.32. The lowest BCUT2D eigenvalue weighted by Crippen LogP contribution is -2.57. The van der Waals surface area contributed by atoms with Crippen LogP contribution < -0.4 is 5.32 Å².